The average Bonchev–Trinajstić information content (AvgIpc) is 2.86. The van der Waals surface area contributed by atoms with Crippen molar-refractivity contribution in [2.75, 3.05) is 25.1 Å². The lowest BCUT2D eigenvalue weighted by Gasteiger charge is -2.20. The summed E-state index contributed by atoms with van der Waals surface area (Å²) in [5, 5.41) is 5.00. The summed E-state index contributed by atoms with van der Waals surface area (Å²) in [5.74, 6) is 0.899. The van der Waals surface area contributed by atoms with Crippen molar-refractivity contribution in [3.8, 4) is 18.1 Å². The van der Waals surface area contributed by atoms with Gasteiger partial charge in [-0.15, -0.1) is 6.42 Å². The van der Waals surface area contributed by atoms with E-state index in [9.17, 15) is 14.4 Å². The summed E-state index contributed by atoms with van der Waals surface area (Å²) in [4.78, 5) is 38.4. The van der Waals surface area contributed by atoms with Gasteiger partial charge >= 0.3 is 11.8 Å². The van der Waals surface area contributed by atoms with Crippen LogP contribution in [0, 0.1) is 12.3 Å². The van der Waals surface area contributed by atoms with E-state index in [2.05, 4.69) is 16.6 Å². The summed E-state index contributed by atoms with van der Waals surface area (Å²) in [6, 6.07) is 13.6. The predicted octanol–water partition coefficient (Wildman–Crippen LogP) is 0.867. The number of benzene rings is 2. The van der Waals surface area contributed by atoms with Crippen LogP contribution in [0.3, 0.4) is 0 Å². The van der Waals surface area contributed by atoms with E-state index < -0.39 is 23.8 Å². The largest absolute Gasteiger partial charge is 0.489 e. The number of carbonyl (C=O) groups is 3. The monoisotopic (exact) mass is 391 g/mol. The second-order valence-electron chi connectivity index (χ2n) is 6.55. The summed E-state index contributed by atoms with van der Waals surface area (Å²) < 4.78 is 5.64. The molecule has 1 heterocycles. The minimum absolute atomic E-state index is 0.0887. The molecule has 3 rings (SSSR count). The maximum absolute atomic E-state index is 12.7. The number of anilines is 1. The first kappa shape index (κ1) is 20.0. The minimum Gasteiger partial charge on any atom is -0.489 e. The second-order valence-corrected chi connectivity index (χ2v) is 6.55. The van der Waals surface area contributed by atoms with Crippen LogP contribution >= 0.6 is 0 Å². The van der Waals surface area contributed by atoms with Crippen LogP contribution in [0.4, 0.5) is 5.69 Å². The first-order valence-corrected chi connectivity index (χ1v) is 9.13. The summed E-state index contributed by atoms with van der Waals surface area (Å²) in [5.41, 5.74) is 2.16. The van der Waals surface area contributed by atoms with Crippen LogP contribution in [0.25, 0.3) is 0 Å². The number of hydrogen-bond acceptors (Lipinski definition) is 4. The number of carbonyl (C=O) groups excluding carboxylic acids is 3. The van der Waals surface area contributed by atoms with Gasteiger partial charge in [0, 0.05) is 19.2 Å². The van der Waals surface area contributed by atoms with Crippen molar-refractivity contribution in [2.24, 2.45) is 0 Å². The second kappa shape index (κ2) is 8.93. The number of likely N-dealkylation sites (N-methyl/N-ethyl adjacent to an activating group) is 1. The number of fused-ring (bicyclic) bond motifs is 1. The highest BCUT2D eigenvalue weighted by molar-refractivity contribution is 6.35. The molecule has 2 aromatic rings. The van der Waals surface area contributed by atoms with Crippen molar-refractivity contribution in [3.63, 3.8) is 0 Å². The van der Waals surface area contributed by atoms with Crippen LogP contribution in [0.5, 0.6) is 5.75 Å². The molecule has 1 atom stereocenters. The molecule has 0 saturated carbocycles. The summed E-state index contributed by atoms with van der Waals surface area (Å²) in [7, 11) is 1.56. The van der Waals surface area contributed by atoms with Gasteiger partial charge in [0.25, 0.3) is 5.91 Å². The van der Waals surface area contributed by atoms with Crippen molar-refractivity contribution >= 4 is 23.4 Å². The van der Waals surface area contributed by atoms with Crippen molar-refractivity contribution in [1.82, 2.24) is 10.6 Å². The van der Waals surface area contributed by atoms with Crippen LogP contribution < -0.4 is 20.3 Å². The number of nitrogens with one attached hydrogen (secondary N) is 2. The van der Waals surface area contributed by atoms with E-state index in [1.807, 2.05) is 30.3 Å². The van der Waals surface area contributed by atoms with E-state index in [1.165, 1.54) is 4.90 Å². The van der Waals surface area contributed by atoms with Crippen LogP contribution in [-0.4, -0.2) is 44.0 Å². The predicted molar refractivity (Wildman–Crippen MR) is 108 cm³/mol. The number of terminal acetylenes is 1. The third-order valence-corrected chi connectivity index (χ3v) is 4.57. The fourth-order valence-electron chi connectivity index (χ4n) is 2.96. The standard InChI is InChI=1S/C22H21N3O4/c1-3-15-9-10-19-18(13-15)25(2)22(28)17(14-29-19)24-21(27)20(26)23-12-11-16-7-5-4-6-8-16/h1,4-10,13,17H,11-12,14H2,2H3,(H,23,26)(H,24,27)/t17-/m0/s1. The van der Waals surface area contributed by atoms with Gasteiger partial charge in [-0.1, -0.05) is 36.3 Å². The molecule has 7 heteroatoms. The Bertz CT molecular complexity index is 966. The van der Waals surface area contributed by atoms with Gasteiger partial charge in [0.1, 0.15) is 18.4 Å². The van der Waals surface area contributed by atoms with Gasteiger partial charge in [0.2, 0.25) is 0 Å². The first-order valence-electron chi connectivity index (χ1n) is 9.13. The zero-order valence-electron chi connectivity index (χ0n) is 16.0. The number of rotatable bonds is 4. The van der Waals surface area contributed by atoms with Gasteiger partial charge in [-0.05, 0) is 30.2 Å². The Morgan fingerprint density at radius 1 is 1.21 bits per heavy atom. The molecule has 0 unspecified atom stereocenters. The number of hydrogen-bond donors (Lipinski definition) is 2. The summed E-state index contributed by atoms with van der Waals surface area (Å²) in [6.07, 6.45) is 6.01. The molecule has 0 aliphatic carbocycles. The minimum atomic E-state index is -0.992. The van der Waals surface area contributed by atoms with Gasteiger partial charge < -0.3 is 20.3 Å². The molecule has 7 nitrogen and oxygen atoms in total. The molecule has 0 spiro atoms. The van der Waals surface area contributed by atoms with E-state index >= 15 is 0 Å². The van der Waals surface area contributed by atoms with Crippen LogP contribution in [-0.2, 0) is 20.8 Å². The molecule has 0 radical (unpaired) electrons. The lowest BCUT2D eigenvalue weighted by atomic mass is 10.1. The van der Waals surface area contributed by atoms with E-state index in [1.54, 1.807) is 25.2 Å². The SMILES string of the molecule is C#Cc1ccc2c(c1)N(C)C(=O)[C@@H](NC(=O)C(=O)NCCc1ccccc1)CO2. The molecule has 0 bridgehead atoms. The zero-order valence-corrected chi connectivity index (χ0v) is 16.0. The van der Waals surface area contributed by atoms with Crippen molar-refractivity contribution in [2.45, 2.75) is 12.5 Å². The van der Waals surface area contributed by atoms with Crippen LogP contribution in [0.1, 0.15) is 11.1 Å². The quantitative estimate of drug-likeness (QED) is 0.598. The molecule has 1 aliphatic heterocycles. The molecule has 0 aromatic heterocycles. The molecule has 3 amide bonds. The van der Waals surface area contributed by atoms with E-state index in [0.717, 1.165) is 5.56 Å². The molecular weight excluding hydrogens is 370 g/mol. The molecule has 0 fully saturated rings. The third kappa shape index (κ3) is 4.74. The maximum atomic E-state index is 12.7. The number of ether oxygens (including phenoxy) is 1. The van der Waals surface area contributed by atoms with Gasteiger partial charge in [-0.25, -0.2) is 0 Å². The molecule has 0 saturated heterocycles. The fourth-order valence-corrected chi connectivity index (χ4v) is 2.96. The third-order valence-electron chi connectivity index (χ3n) is 4.57. The summed E-state index contributed by atoms with van der Waals surface area (Å²) in [6.45, 7) is 0.222. The molecule has 2 aromatic carbocycles. The van der Waals surface area contributed by atoms with Gasteiger partial charge in [-0.3, -0.25) is 14.4 Å². The highest BCUT2D eigenvalue weighted by Gasteiger charge is 2.32. The molecule has 2 N–H and O–H groups in total. The maximum Gasteiger partial charge on any atom is 0.310 e. The molecule has 148 valence electrons. The highest BCUT2D eigenvalue weighted by atomic mass is 16.5. The Morgan fingerprint density at radius 3 is 2.69 bits per heavy atom. The molecule has 1 aliphatic rings. The van der Waals surface area contributed by atoms with Crippen molar-refractivity contribution < 1.29 is 19.1 Å². The normalized spacial score (nSPS) is 15.4. The fraction of sp³-hybridized carbons (Fsp3) is 0.227. The Hall–Kier alpha value is -3.79. The summed E-state index contributed by atoms with van der Waals surface area (Å²) >= 11 is 0. The van der Waals surface area contributed by atoms with Crippen molar-refractivity contribution in [3.05, 3.63) is 59.7 Å². The van der Waals surface area contributed by atoms with Gasteiger partial charge in [0.15, 0.2) is 0 Å². The van der Waals surface area contributed by atoms with Crippen molar-refractivity contribution in [1.29, 1.82) is 0 Å². The first-order chi connectivity index (χ1) is 14.0. The Labute approximate surface area is 169 Å². The molecule has 29 heavy (non-hydrogen) atoms. The Kier molecular flexibility index (Phi) is 6.15. The highest BCUT2D eigenvalue weighted by Crippen LogP contribution is 2.31. The average molecular weight is 391 g/mol. The van der Waals surface area contributed by atoms with E-state index in [0.29, 0.717) is 30.0 Å². The topological polar surface area (TPSA) is 87.7 Å². The Balaban J connectivity index is 1.58. The van der Waals surface area contributed by atoms with E-state index in [4.69, 9.17) is 11.2 Å². The number of amides is 3. The smallest absolute Gasteiger partial charge is 0.310 e. The van der Waals surface area contributed by atoms with E-state index in [-0.39, 0.29) is 6.61 Å². The molecular formula is C22H21N3O4. The van der Waals surface area contributed by atoms with Gasteiger partial charge in [-0.2, -0.15) is 0 Å². The van der Waals surface area contributed by atoms with Crippen LogP contribution in [0.15, 0.2) is 48.5 Å². The van der Waals surface area contributed by atoms with Crippen LogP contribution in [0.2, 0.25) is 0 Å². The lowest BCUT2D eigenvalue weighted by molar-refractivity contribution is -0.140. The lowest BCUT2D eigenvalue weighted by Crippen LogP contribution is -2.53. The zero-order chi connectivity index (χ0) is 20.8. The Morgan fingerprint density at radius 2 is 1.97 bits per heavy atom. The van der Waals surface area contributed by atoms with Gasteiger partial charge in [0.05, 0.1) is 5.69 Å². The number of nitrogens with zero attached hydrogens (tertiary/aromatic N) is 1.